The summed E-state index contributed by atoms with van der Waals surface area (Å²) in [5, 5.41) is 8.84. The highest BCUT2D eigenvalue weighted by Gasteiger charge is 2.34. The molecule has 1 aliphatic heterocycles. The van der Waals surface area contributed by atoms with Crippen LogP contribution in [0.25, 0.3) is 11.3 Å². The summed E-state index contributed by atoms with van der Waals surface area (Å²) in [4.78, 5) is 31.0. The van der Waals surface area contributed by atoms with Crippen molar-refractivity contribution in [3.8, 4) is 17.0 Å². The molecule has 2 heterocycles. The number of hydrogen-bond acceptors (Lipinski definition) is 6. The van der Waals surface area contributed by atoms with E-state index in [0.29, 0.717) is 26.2 Å². The van der Waals surface area contributed by atoms with Gasteiger partial charge in [0.25, 0.3) is 0 Å². The van der Waals surface area contributed by atoms with E-state index < -0.39 is 0 Å². The Morgan fingerprint density at radius 3 is 2.70 bits per heavy atom. The molecule has 0 radical (unpaired) electrons. The van der Waals surface area contributed by atoms with Crippen LogP contribution in [0.2, 0.25) is 0 Å². The van der Waals surface area contributed by atoms with Crippen molar-refractivity contribution >= 4 is 17.6 Å². The van der Waals surface area contributed by atoms with Gasteiger partial charge in [-0.1, -0.05) is 18.2 Å². The summed E-state index contributed by atoms with van der Waals surface area (Å²) in [6.07, 6.45) is 4.38. The fraction of sp³-hybridized carbons (Fsp3) is 0.440. The number of carbonyl (C=O) groups excluding carboxylic acids is 2. The van der Waals surface area contributed by atoms with E-state index in [4.69, 9.17) is 4.74 Å². The zero-order valence-corrected chi connectivity index (χ0v) is 19.2. The Kier molecular flexibility index (Phi) is 7.22. The molecular formula is C25H31N5O3. The van der Waals surface area contributed by atoms with Crippen LogP contribution in [-0.4, -0.2) is 78.2 Å². The van der Waals surface area contributed by atoms with Gasteiger partial charge in [0, 0.05) is 44.2 Å². The fourth-order valence-electron chi connectivity index (χ4n) is 4.07. The number of methoxy groups -OCH3 is 1. The van der Waals surface area contributed by atoms with E-state index >= 15 is 0 Å². The minimum absolute atomic E-state index is 0.00726. The number of anilines is 1. The van der Waals surface area contributed by atoms with Gasteiger partial charge in [-0.15, -0.1) is 16.8 Å². The molecule has 2 amide bonds. The molecule has 1 aliphatic carbocycles. The summed E-state index contributed by atoms with van der Waals surface area (Å²) in [6.45, 7) is 7.01. The lowest BCUT2D eigenvalue weighted by molar-refractivity contribution is -0.140. The van der Waals surface area contributed by atoms with Crippen LogP contribution < -0.4 is 9.64 Å². The van der Waals surface area contributed by atoms with Gasteiger partial charge in [-0.25, -0.2) is 0 Å². The Balaban J connectivity index is 1.35. The lowest BCUT2D eigenvalue weighted by atomic mass is 10.1. The molecule has 0 spiro atoms. The Bertz CT molecular complexity index is 990. The SMILES string of the molecule is C=CCN(CC(=O)N1CCCN(c2ccc(-c3cccc(OC)c3)nn2)CC1)C(=O)C1CC1. The maximum atomic E-state index is 12.9. The van der Waals surface area contributed by atoms with Gasteiger partial charge in [0.05, 0.1) is 12.8 Å². The molecule has 2 fully saturated rings. The summed E-state index contributed by atoms with van der Waals surface area (Å²) in [7, 11) is 1.64. The Morgan fingerprint density at radius 1 is 1.15 bits per heavy atom. The van der Waals surface area contributed by atoms with Crippen LogP contribution in [0, 0.1) is 5.92 Å². The van der Waals surface area contributed by atoms with E-state index in [1.54, 1.807) is 18.1 Å². The van der Waals surface area contributed by atoms with Crippen molar-refractivity contribution in [2.75, 3.05) is 51.3 Å². The van der Waals surface area contributed by atoms with Gasteiger partial charge in [-0.2, -0.15) is 0 Å². The molecular weight excluding hydrogens is 418 g/mol. The molecule has 33 heavy (non-hydrogen) atoms. The average Bonchev–Trinajstić information content (AvgIpc) is 3.71. The van der Waals surface area contributed by atoms with Crippen molar-refractivity contribution in [2.24, 2.45) is 5.92 Å². The highest BCUT2D eigenvalue weighted by Crippen LogP contribution is 2.31. The van der Waals surface area contributed by atoms with Gasteiger partial charge in [0.15, 0.2) is 5.82 Å². The first kappa shape index (κ1) is 22.8. The topological polar surface area (TPSA) is 78.9 Å². The molecule has 2 aromatic rings. The molecule has 0 unspecified atom stereocenters. The summed E-state index contributed by atoms with van der Waals surface area (Å²) in [6, 6.07) is 11.7. The van der Waals surface area contributed by atoms with E-state index in [1.165, 1.54) is 0 Å². The highest BCUT2D eigenvalue weighted by molar-refractivity contribution is 5.87. The summed E-state index contributed by atoms with van der Waals surface area (Å²) in [5.74, 6) is 1.74. The van der Waals surface area contributed by atoms with Gasteiger partial charge in [0.1, 0.15) is 12.3 Å². The summed E-state index contributed by atoms with van der Waals surface area (Å²) in [5.41, 5.74) is 1.73. The molecule has 1 saturated heterocycles. The first-order valence-electron chi connectivity index (χ1n) is 11.5. The van der Waals surface area contributed by atoms with E-state index in [1.807, 2.05) is 41.3 Å². The van der Waals surface area contributed by atoms with Crippen molar-refractivity contribution < 1.29 is 14.3 Å². The Morgan fingerprint density at radius 2 is 2.00 bits per heavy atom. The lowest BCUT2D eigenvalue weighted by Gasteiger charge is -2.26. The molecule has 2 aliphatic rings. The second-order valence-electron chi connectivity index (χ2n) is 8.51. The van der Waals surface area contributed by atoms with Crippen LogP contribution in [0.1, 0.15) is 19.3 Å². The number of ether oxygens (including phenoxy) is 1. The van der Waals surface area contributed by atoms with E-state index in [2.05, 4.69) is 21.7 Å². The molecule has 1 saturated carbocycles. The quantitative estimate of drug-likeness (QED) is 0.577. The van der Waals surface area contributed by atoms with Crippen LogP contribution in [-0.2, 0) is 9.59 Å². The zero-order chi connectivity index (χ0) is 23.2. The van der Waals surface area contributed by atoms with Crippen LogP contribution in [0.5, 0.6) is 5.75 Å². The molecule has 8 nitrogen and oxygen atoms in total. The second kappa shape index (κ2) is 10.5. The normalized spacial score (nSPS) is 16.2. The van der Waals surface area contributed by atoms with Crippen molar-refractivity contribution in [1.29, 1.82) is 0 Å². The van der Waals surface area contributed by atoms with Gasteiger partial charge in [-0.05, 0) is 43.5 Å². The number of amides is 2. The third-order valence-corrected chi connectivity index (χ3v) is 6.10. The molecule has 1 aromatic heterocycles. The monoisotopic (exact) mass is 449 g/mol. The van der Waals surface area contributed by atoms with E-state index in [0.717, 1.165) is 48.6 Å². The Labute approximate surface area is 194 Å². The minimum atomic E-state index is -0.00726. The Hall–Kier alpha value is -3.42. The molecule has 0 atom stereocenters. The van der Waals surface area contributed by atoms with Gasteiger partial charge in [0.2, 0.25) is 11.8 Å². The number of benzene rings is 1. The van der Waals surface area contributed by atoms with Crippen LogP contribution in [0.15, 0.2) is 49.1 Å². The summed E-state index contributed by atoms with van der Waals surface area (Å²) >= 11 is 0. The molecule has 4 rings (SSSR count). The first-order valence-corrected chi connectivity index (χ1v) is 11.5. The predicted molar refractivity (Wildman–Crippen MR) is 127 cm³/mol. The standard InChI is InChI=1S/C25H31N5O3/c1-3-12-30(25(32)19-8-9-19)18-24(31)29-14-5-13-28(15-16-29)23-11-10-22(26-27-23)20-6-4-7-21(17-20)33-2/h3-4,6-7,10-11,17,19H,1,5,8-9,12-16,18H2,2H3. The number of rotatable bonds is 8. The molecule has 174 valence electrons. The van der Waals surface area contributed by atoms with Gasteiger partial charge < -0.3 is 19.4 Å². The summed E-state index contributed by atoms with van der Waals surface area (Å²) < 4.78 is 5.29. The molecule has 8 heteroatoms. The van der Waals surface area contributed by atoms with Crippen LogP contribution in [0.3, 0.4) is 0 Å². The fourth-order valence-corrected chi connectivity index (χ4v) is 4.07. The third-order valence-electron chi connectivity index (χ3n) is 6.10. The van der Waals surface area contributed by atoms with E-state index in [9.17, 15) is 9.59 Å². The van der Waals surface area contributed by atoms with E-state index in [-0.39, 0.29) is 24.3 Å². The van der Waals surface area contributed by atoms with Crippen molar-refractivity contribution in [2.45, 2.75) is 19.3 Å². The third kappa shape index (κ3) is 5.69. The first-order chi connectivity index (χ1) is 16.1. The number of hydrogen-bond donors (Lipinski definition) is 0. The zero-order valence-electron chi connectivity index (χ0n) is 19.2. The number of carbonyl (C=O) groups is 2. The van der Waals surface area contributed by atoms with Gasteiger partial charge >= 0.3 is 0 Å². The smallest absolute Gasteiger partial charge is 0.242 e. The average molecular weight is 450 g/mol. The number of nitrogens with zero attached hydrogens (tertiary/aromatic N) is 5. The lowest BCUT2D eigenvalue weighted by Crippen LogP contribution is -2.44. The van der Waals surface area contributed by atoms with Crippen LogP contribution in [0.4, 0.5) is 5.82 Å². The largest absolute Gasteiger partial charge is 0.497 e. The minimum Gasteiger partial charge on any atom is -0.497 e. The molecule has 0 bridgehead atoms. The number of aromatic nitrogens is 2. The maximum Gasteiger partial charge on any atom is 0.242 e. The highest BCUT2D eigenvalue weighted by atomic mass is 16.5. The molecule has 0 N–H and O–H groups in total. The van der Waals surface area contributed by atoms with Crippen molar-refractivity contribution in [3.05, 3.63) is 49.1 Å². The van der Waals surface area contributed by atoms with Crippen molar-refractivity contribution in [1.82, 2.24) is 20.0 Å². The van der Waals surface area contributed by atoms with Gasteiger partial charge in [-0.3, -0.25) is 9.59 Å². The second-order valence-corrected chi connectivity index (χ2v) is 8.51. The predicted octanol–water partition coefficient (Wildman–Crippen LogP) is 2.62. The van der Waals surface area contributed by atoms with Crippen molar-refractivity contribution in [3.63, 3.8) is 0 Å². The molecule has 1 aromatic carbocycles. The van der Waals surface area contributed by atoms with Crippen LogP contribution >= 0.6 is 0 Å². The maximum absolute atomic E-state index is 12.9.